The maximum absolute atomic E-state index is 15.4. The topological polar surface area (TPSA) is 76.3 Å². The molecule has 3 aromatic rings. The monoisotopic (exact) mass is 423 g/mol. The van der Waals surface area contributed by atoms with Crippen molar-refractivity contribution in [3.05, 3.63) is 49.1 Å². The van der Waals surface area contributed by atoms with Crippen LogP contribution in [0.1, 0.15) is 26.7 Å². The second-order valence-electron chi connectivity index (χ2n) is 9.24. The number of hydrogen-bond acceptors (Lipinski definition) is 6. The second-order valence-corrected chi connectivity index (χ2v) is 9.24. The molecule has 3 fully saturated rings. The van der Waals surface area contributed by atoms with Gasteiger partial charge in [-0.15, -0.1) is 10.2 Å². The summed E-state index contributed by atoms with van der Waals surface area (Å²) < 4.78 is 23.3. The molecule has 8 heteroatoms. The van der Waals surface area contributed by atoms with Crippen LogP contribution in [0.5, 0.6) is 11.6 Å². The first-order valence-corrected chi connectivity index (χ1v) is 10.5. The number of halogens is 1. The molecule has 0 radical (unpaired) electrons. The zero-order valence-corrected chi connectivity index (χ0v) is 17.9. The van der Waals surface area contributed by atoms with Crippen molar-refractivity contribution in [2.24, 2.45) is 5.41 Å². The van der Waals surface area contributed by atoms with E-state index in [2.05, 4.69) is 27.0 Å². The van der Waals surface area contributed by atoms with E-state index in [4.69, 9.17) is 4.74 Å². The molecule has 0 unspecified atom stereocenters. The molecule has 0 spiro atoms. The lowest BCUT2D eigenvalue weighted by atomic mass is 9.60. The molecule has 0 amide bonds. The third kappa shape index (κ3) is 3.17. The molecule has 162 valence electrons. The number of nitrogens with zero attached hydrogens (tertiary/aromatic N) is 5. The molecule has 3 aliphatic rings. The number of phenols is 1. The Balaban J connectivity index is 1.36. The lowest BCUT2D eigenvalue weighted by Crippen LogP contribution is -2.72. The third-order valence-corrected chi connectivity index (χ3v) is 7.17. The van der Waals surface area contributed by atoms with Gasteiger partial charge < -0.3 is 14.4 Å². The van der Waals surface area contributed by atoms with Gasteiger partial charge >= 0.3 is 0 Å². The highest BCUT2D eigenvalue weighted by Gasteiger charge is 2.61. The highest BCUT2D eigenvalue weighted by atomic mass is 19.1. The van der Waals surface area contributed by atoms with Gasteiger partial charge in [-0.25, -0.2) is 9.37 Å². The average Bonchev–Trinajstić information content (AvgIpc) is 3.29. The van der Waals surface area contributed by atoms with Crippen LogP contribution in [0.4, 0.5) is 4.39 Å². The van der Waals surface area contributed by atoms with Crippen LogP contribution in [0, 0.1) is 5.41 Å². The maximum atomic E-state index is 15.4. The summed E-state index contributed by atoms with van der Waals surface area (Å²) in [6.07, 6.45) is 5.21. The number of aromatic hydroxyl groups is 1. The number of piperidine rings is 2. The van der Waals surface area contributed by atoms with Crippen LogP contribution in [0.25, 0.3) is 16.9 Å². The number of fused-ring (bicyclic) bond motifs is 3. The van der Waals surface area contributed by atoms with Crippen LogP contribution in [0.15, 0.2) is 49.1 Å². The molecule has 2 saturated heterocycles. The fraction of sp³-hybridized carbons (Fsp3) is 0.435. The van der Waals surface area contributed by atoms with Crippen LogP contribution in [-0.2, 0) is 0 Å². The summed E-state index contributed by atoms with van der Waals surface area (Å²) in [5, 5.41) is 18.9. The highest BCUT2D eigenvalue weighted by Crippen LogP contribution is 2.51. The number of hydrogen-bond donors (Lipinski definition) is 1. The summed E-state index contributed by atoms with van der Waals surface area (Å²) in [6, 6.07) is 8.72. The zero-order valence-electron chi connectivity index (χ0n) is 17.9. The van der Waals surface area contributed by atoms with Crippen LogP contribution in [0.3, 0.4) is 0 Å². The summed E-state index contributed by atoms with van der Waals surface area (Å²) in [7, 11) is 1.99. The van der Waals surface area contributed by atoms with E-state index in [-0.39, 0.29) is 11.2 Å². The zero-order chi connectivity index (χ0) is 21.8. The summed E-state index contributed by atoms with van der Waals surface area (Å²) in [5.41, 5.74) is 1.08. The number of benzene rings is 1. The first kappa shape index (κ1) is 19.9. The molecule has 4 heterocycles. The van der Waals surface area contributed by atoms with E-state index in [0.717, 1.165) is 25.1 Å². The Kier molecular flexibility index (Phi) is 4.51. The van der Waals surface area contributed by atoms with E-state index >= 15 is 4.39 Å². The van der Waals surface area contributed by atoms with Gasteiger partial charge in [0, 0.05) is 42.0 Å². The molecule has 6 rings (SSSR count). The predicted molar refractivity (Wildman–Crippen MR) is 114 cm³/mol. The molecule has 1 N–H and O–H groups in total. The average molecular weight is 423 g/mol. The van der Waals surface area contributed by atoms with Crippen molar-refractivity contribution in [1.29, 1.82) is 0 Å². The SMILES string of the molecule is CN1C[C@@]2(C)CC[C@]1(C)[C@@H](F)[C@@H]2Oc1ccc(-c2ccc(-n3ccnc3)cc2O)nn1. The molecular formula is C23H26FN5O2. The van der Waals surface area contributed by atoms with Gasteiger partial charge in [0.25, 0.3) is 0 Å². The second kappa shape index (κ2) is 7.02. The van der Waals surface area contributed by atoms with Crippen molar-refractivity contribution in [3.63, 3.8) is 0 Å². The van der Waals surface area contributed by atoms with E-state index < -0.39 is 17.8 Å². The van der Waals surface area contributed by atoms with E-state index in [1.807, 2.05) is 20.0 Å². The third-order valence-electron chi connectivity index (χ3n) is 7.17. The fourth-order valence-electron chi connectivity index (χ4n) is 4.96. The van der Waals surface area contributed by atoms with Crippen molar-refractivity contribution < 1.29 is 14.2 Å². The summed E-state index contributed by atoms with van der Waals surface area (Å²) in [6.45, 7) is 4.84. The number of aromatic nitrogens is 4. The largest absolute Gasteiger partial charge is 0.507 e. The van der Waals surface area contributed by atoms with Crippen molar-refractivity contribution >= 4 is 0 Å². The van der Waals surface area contributed by atoms with Crippen LogP contribution in [0.2, 0.25) is 0 Å². The molecule has 1 saturated carbocycles. The van der Waals surface area contributed by atoms with Crippen molar-refractivity contribution in [1.82, 2.24) is 24.6 Å². The minimum Gasteiger partial charge on any atom is -0.507 e. The van der Waals surface area contributed by atoms with Crippen LogP contribution >= 0.6 is 0 Å². The highest BCUT2D eigenvalue weighted by molar-refractivity contribution is 5.68. The number of phenolic OH excluding ortho intramolecular Hbond substituents is 1. The summed E-state index contributed by atoms with van der Waals surface area (Å²) in [4.78, 5) is 6.13. The molecule has 2 bridgehead atoms. The van der Waals surface area contributed by atoms with Gasteiger partial charge in [0.2, 0.25) is 5.88 Å². The lowest BCUT2D eigenvalue weighted by Gasteiger charge is -2.61. The molecule has 1 aliphatic carbocycles. The number of imidazole rings is 1. The van der Waals surface area contributed by atoms with Gasteiger partial charge in [-0.05, 0) is 45.0 Å². The van der Waals surface area contributed by atoms with E-state index in [1.165, 1.54) is 0 Å². The maximum Gasteiger partial charge on any atom is 0.233 e. The first-order chi connectivity index (χ1) is 14.8. The van der Waals surface area contributed by atoms with Gasteiger partial charge in [0.1, 0.15) is 11.9 Å². The number of rotatable bonds is 4. The van der Waals surface area contributed by atoms with Crippen LogP contribution < -0.4 is 4.74 Å². The Hall–Kier alpha value is -3.00. The van der Waals surface area contributed by atoms with Gasteiger partial charge in [-0.2, -0.15) is 0 Å². The smallest absolute Gasteiger partial charge is 0.233 e. The Morgan fingerprint density at radius 1 is 1.16 bits per heavy atom. The minimum atomic E-state index is -1.11. The molecule has 2 aliphatic heterocycles. The number of ether oxygens (including phenoxy) is 1. The van der Waals surface area contributed by atoms with Crippen molar-refractivity contribution in [3.8, 4) is 28.6 Å². The van der Waals surface area contributed by atoms with Gasteiger partial charge in [-0.1, -0.05) is 6.92 Å². The van der Waals surface area contributed by atoms with Gasteiger partial charge in [0.05, 0.1) is 23.2 Å². The van der Waals surface area contributed by atoms with E-state index in [0.29, 0.717) is 17.1 Å². The fourth-order valence-corrected chi connectivity index (χ4v) is 4.96. The Bertz CT molecular complexity index is 1090. The summed E-state index contributed by atoms with van der Waals surface area (Å²) >= 11 is 0. The molecule has 4 atom stereocenters. The Morgan fingerprint density at radius 2 is 2.00 bits per heavy atom. The molecule has 2 aromatic heterocycles. The van der Waals surface area contributed by atoms with E-state index in [9.17, 15) is 5.11 Å². The predicted octanol–water partition coefficient (Wildman–Crippen LogP) is 3.62. The minimum absolute atomic E-state index is 0.0889. The Morgan fingerprint density at radius 3 is 2.65 bits per heavy atom. The van der Waals surface area contributed by atoms with Crippen molar-refractivity contribution in [2.45, 2.75) is 44.5 Å². The standard InChI is InChI=1S/C23H26FN5O2/c1-22-8-9-23(2,28(3)13-22)20(24)21(22)31-19-7-6-17(26-27-19)16-5-4-15(12-18(16)30)29-11-10-25-14-29/h4-7,10-12,14,20-21,30H,8-9,13H2,1-3H3/t20-,21-,22+,23+/m0/s1. The van der Waals surface area contributed by atoms with E-state index in [1.54, 1.807) is 47.6 Å². The number of alkyl halides is 1. The van der Waals surface area contributed by atoms with Gasteiger partial charge in [0.15, 0.2) is 6.17 Å². The first-order valence-electron chi connectivity index (χ1n) is 10.5. The summed E-state index contributed by atoms with van der Waals surface area (Å²) in [5.74, 6) is 0.386. The normalized spacial score (nSPS) is 30.5. The molecule has 1 aromatic carbocycles. The Labute approximate surface area is 180 Å². The van der Waals surface area contributed by atoms with Crippen LogP contribution in [-0.4, -0.2) is 61.2 Å². The molecular weight excluding hydrogens is 397 g/mol. The quantitative estimate of drug-likeness (QED) is 0.691. The van der Waals surface area contributed by atoms with Gasteiger partial charge in [-0.3, -0.25) is 4.90 Å². The molecule has 7 nitrogen and oxygen atoms in total. The van der Waals surface area contributed by atoms with Crippen molar-refractivity contribution in [2.75, 3.05) is 13.6 Å². The lowest BCUT2D eigenvalue weighted by molar-refractivity contribution is -0.177. The molecule has 31 heavy (non-hydrogen) atoms.